The number of carbonyl (C=O) groups excluding carboxylic acids is 2. The van der Waals surface area contributed by atoms with Crippen LogP contribution in [0.1, 0.15) is 213 Å². The largest absolute Gasteiger partial charge is 0.462 e. The summed E-state index contributed by atoms with van der Waals surface area (Å²) in [5.41, 5.74) is 0. The molecule has 0 radical (unpaired) electrons. The maximum Gasteiger partial charge on any atom is 0.306 e. The topological polar surface area (TPSA) is 72.8 Å². The molecule has 5 nitrogen and oxygen atoms in total. The molecule has 0 saturated heterocycles. The van der Waals surface area contributed by atoms with Gasteiger partial charge in [-0.2, -0.15) is 0 Å². The van der Waals surface area contributed by atoms with Gasteiger partial charge in [0.15, 0.2) is 6.10 Å². The molecule has 0 aromatic rings. The quantitative estimate of drug-likeness (QED) is 0.0381. The summed E-state index contributed by atoms with van der Waals surface area (Å²) in [4.78, 5) is 24.4. The molecule has 55 heavy (non-hydrogen) atoms. The van der Waals surface area contributed by atoms with Crippen LogP contribution in [0.3, 0.4) is 0 Å². The first-order chi connectivity index (χ1) is 27.1. The van der Waals surface area contributed by atoms with Crippen molar-refractivity contribution in [3.63, 3.8) is 0 Å². The van der Waals surface area contributed by atoms with Gasteiger partial charge in [0.2, 0.25) is 0 Å². The molecule has 0 spiro atoms. The van der Waals surface area contributed by atoms with Crippen LogP contribution in [0.2, 0.25) is 0 Å². The van der Waals surface area contributed by atoms with E-state index in [0.29, 0.717) is 12.8 Å². The minimum Gasteiger partial charge on any atom is -0.462 e. The van der Waals surface area contributed by atoms with Crippen molar-refractivity contribution in [2.24, 2.45) is 0 Å². The highest BCUT2D eigenvalue weighted by Gasteiger charge is 2.16. The molecule has 1 unspecified atom stereocenters. The van der Waals surface area contributed by atoms with Gasteiger partial charge in [0.1, 0.15) is 6.61 Å². The third kappa shape index (κ3) is 43.9. The number of unbranched alkanes of at least 4 members (excludes halogenated alkanes) is 21. The Morgan fingerprint density at radius 1 is 0.436 bits per heavy atom. The van der Waals surface area contributed by atoms with Crippen molar-refractivity contribution >= 4 is 11.9 Å². The van der Waals surface area contributed by atoms with Crippen LogP contribution in [0.15, 0.2) is 72.9 Å². The number of ether oxygens (including phenoxy) is 2. The summed E-state index contributed by atoms with van der Waals surface area (Å²) in [6, 6.07) is 0. The van der Waals surface area contributed by atoms with Crippen molar-refractivity contribution in [2.75, 3.05) is 13.2 Å². The summed E-state index contributed by atoms with van der Waals surface area (Å²) in [7, 11) is 0. The maximum atomic E-state index is 12.2. The lowest BCUT2D eigenvalue weighted by atomic mass is 10.1. The lowest BCUT2D eigenvalue weighted by molar-refractivity contribution is -0.161. The number of aliphatic hydroxyl groups excluding tert-OH is 1. The molecule has 0 aliphatic heterocycles. The molecule has 0 aromatic carbocycles. The SMILES string of the molecule is CC/C=C\C/C=C\C/C=C\C/C=C\C/C=C\CCCCCCCCCC(=O)OC(CO)COC(=O)CCCCCCCCC/C=C\CCCCCCCCC. The van der Waals surface area contributed by atoms with Gasteiger partial charge in [-0.15, -0.1) is 0 Å². The van der Waals surface area contributed by atoms with Crippen LogP contribution in [0.4, 0.5) is 0 Å². The van der Waals surface area contributed by atoms with Gasteiger partial charge in [0, 0.05) is 12.8 Å². The van der Waals surface area contributed by atoms with E-state index in [1.807, 2.05) is 0 Å². The highest BCUT2D eigenvalue weighted by Crippen LogP contribution is 2.13. The van der Waals surface area contributed by atoms with Gasteiger partial charge < -0.3 is 14.6 Å². The van der Waals surface area contributed by atoms with E-state index >= 15 is 0 Å². The summed E-state index contributed by atoms with van der Waals surface area (Å²) in [6.07, 6.45) is 61.1. The maximum absolute atomic E-state index is 12.2. The van der Waals surface area contributed by atoms with Crippen LogP contribution >= 0.6 is 0 Å². The van der Waals surface area contributed by atoms with Gasteiger partial charge in [0.05, 0.1) is 6.61 Å². The van der Waals surface area contributed by atoms with Crippen molar-refractivity contribution in [3.8, 4) is 0 Å². The van der Waals surface area contributed by atoms with E-state index in [1.165, 1.54) is 109 Å². The predicted octanol–water partition coefficient (Wildman–Crippen LogP) is 14.9. The third-order valence-corrected chi connectivity index (χ3v) is 9.73. The van der Waals surface area contributed by atoms with E-state index in [9.17, 15) is 14.7 Å². The normalized spacial score (nSPS) is 12.9. The molecule has 0 rings (SSSR count). The highest BCUT2D eigenvalue weighted by atomic mass is 16.6. The smallest absolute Gasteiger partial charge is 0.306 e. The van der Waals surface area contributed by atoms with E-state index in [-0.39, 0.29) is 25.2 Å². The lowest BCUT2D eigenvalue weighted by Gasteiger charge is -2.15. The van der Waals surface area contributed by atoms with Gasteiger partial charge in [-0.05, 0) is 83.5 Å². The van der Waals surface area contributed by atoms with Crippen LogP contribution < -0.4 is 0 Å². The Labute approximate surface area is 340 Å². The van der Waals surface area contributed by atoms with Crippen molar-refractivity contribution in [1.29, 1.82) is 0 Å². The molecule has 0 heterocycles. The van der Waals surface area contributed by atoms with Crippen LogP contribution in [0.5, 0.6) is 0 Å². The second kappa shape index (κ2) is 45.7. The first kappa shape index (κ1) is 52.3. The predicted molar refractivity (Wildman–Crippen MR) is 237 cm³/mol. The van der Waals surface area contributed by atoms with Crippen molar-refractivity contribution in [3.05, 3.63) is 72.9 Å². The van der Waals surface area contributed by atoms with E-state index in [1.54, 1.807) is 0 Å². The first-order valence-corrected chi connectivity index (χ1v) is 23.0. The van der Waals surface area contributed by atoms with Crippen molar-refractivity contribution < 1.29 is 24.2 Å². The number of carbonyl (C=O) groups is 2. The van der Waals surface area contributed by atoms with Gasteiger partial charge in [0.25, 0.3) is 0 Å². The van der Waals surface area contributed by atoms with E-state index in [2.05, 4.69) is 86.8 Å². The fourth-order valence-corrected chi connectivity index (χ4v) is 6.28. The molecule has 5 heteroatoms. The third-order valence-electron chi connectivity index (χ3n) is 9.73. The summed E-state index contributed by atoms with van der Waals surface area (Å²) in [5, 5.41) is 9.60. The Morgan fingerprint density at radius 3 is 1.20 bits per heavy atom. The molecule has 0 aliphatic carbocycles. The summed E-state index contributed by atoms with van der Waals surface area (Å²) in [6.45, 7) is 4.01. The molecule has 316 valence electrons. The second-order valence-corrected chi connectivity index (χ2v) is 15.1. The Kier molecular flexibility index (Phi) is 43.5. The molecule has 1 N–H and O–H groups in total. The van der Waals surface area contributed by atoms with Gasteiger partial charge in [-0.1, -0.05) is 189 Å². The number of hydrogen-bond donors (Lipinski definition) is 1. The van der Waals surface area contributed by atoms with Crippen molar-refractivity contribution in [2.45, 2.75) is 219 Å². The zero-order chi connectivity index (χ0) is 40.0. The number of rotatable bonds is 41. The van der Waals surface area contributed by atoms with Crippen LogP contribution in [-0.4, -0.2) is 36.4 Å². The minimum absolute atomic E-state index is 0.0752. The summed E-state index contributed by atoms with van der Waals surface area (Å²) >= 11 is 0. The Balaban J connectivity index is 3.58. The average Bonchev–Trinajstić information content (AvgIpc) is 3.19. The molecule has 0 bridgehead atoms. The molecule has 0 fully saturated rings. The van der Waals surface area contributed by atoms with Crippen LogP contribution in [-0.2, 0) is 19.1 Å². The van der Waals surface area contributed by atoms with E-state index in [4.69, 9.17) is 9.47 Å². The molecule has 0 amide bonds. The molecular formula is C50H86O5. The Hall–Kier alpha value is -2.66. The van der Waals surface area contributed by atoms with Crippen LogP contribution in [0, 0.1) is 0 Å². The monoisotopic (exact) mass is 767 g/mol. The highest BCUT2D eigenvalue weighted by molar-refractivity contribution is 5.70. The van der Waals surface area contributed by atoms with E-state index < -0.39 is 6.10 Å². The fraction of sp³-hybridized carbons (Fsp3) is 0.720. The van der Waals surface area contributed by atoms with Gasteiger partial charge in [-0.3, -0.25) is 9.59 Å². The van der Waals surface area contributed by atoms with Gasteiger partial charge in [-0.25, -0.2) is 0 Å². The number of esters is 2. The Morgan fingerprint density at radius 2 is 0.782 bits per heavy atom. The zero-order valence-corrected chi connectivity index (χ0v) is 35.9. The molecule has 1 atom stereocenters. The van der Waals surface area contributed by atoms with Crippen LogP contribution in [0.25, 0.3) is 0 Å². The average molecular weight is 767 g/mol. The first-order valence-electron chi connectivity index (χ1n) is 23.0. The Bertz CT molecular complexity index is 1000. The molecular weight excluding hydrogens is 681 g/mol. The number of hydrogen-bond acceptors (Lipinski definition) is 5. The lowest BCUT2D eigenvalue weighted by Crippen LogP contribution is -2.28. The molecule has 0 saturated carbocycles. The summed E-state index contributed by atoms with van der Waals surface area (Å²) in [5.74, 6) is -0.609. The van der Waals surface area contributed by atoms with Crippen molar-refractivity contribution in [1.82, 2.24) is 0 Å². The molecule has 0 aromatic heterocycles. The minimum atomic E-state index is -0.783. The zero-order valence-electron chi connectivity index (χ0n) is 35.9. The van der Waals surface area contributed by atoms with E-state index in [0.717, 1.165) is 77.0 Å². The second-order valence-electron chi connectivity index (χ2n) is 15.1. The standard InChI is InChI=1S/C50H86O5/c1-3-5-7-9-11-13-15-17-19-21-23-24-25-26-27-29-31-33-35-37-39-41-43-45-50(53)55-48(46-51)47-54-49(52)44-42-40-38-36-34-32-30-28-22-20-18-16-14-12-10-8-6-4-2/h5,7,11,13,17,19-20,22-24,26-27,48,51H,3-4,6,8-10,12,14-16,18,21,25,28-47H2,1-2H3/b7-5-,13-11-,19-17-,22-20-,24-23-,27-26-. The van der Waals surface area contributed by atoms with Gasteiger partial charge >= 0.3 is 11.9 Å². The fourth-order valence-electron chi connectivity index (χ4n) is 6.28. The summed E-state index contributed by atoms with van der Waals surface area (Å²) < 4.78 is 10.6. The number of allylic oxidation sites excluding steroid dienone is 12. The number of aliphatic hydroxyl groups is 1. The molecule has 0 aliphatic rings.